The molecule has 0 aromatic heterocycles. The zero-order valence-corrected chi connectivity index (χ0v) is 11.7. The van der Waals surface area contributed by atoms with E-state index in [0.29, 0.717) is 36.7 Å². The van der Waals surface area contributed by atoms with Crippen LogP contribution >= 0.6 is 0 Å². The standard InChI is InChI=1S/C16H19NO3/c1-17(13-6-4-7-14(19)10-9-13)16(20)15-8-3-2-5-12(15)11-18/h2-3,5,8,11,13H,4,6-7,9-10H2,1H3. The van der Waals surface area contributed by atoms with Gasteiger partial charge in [-0.25, -0.2) is 0 Å². The molecule has 106 valence electrons. The lowest BCUT2D eigenvalue weighted by Crippen LogP contribution is -2.37. The molecule has 1 unspecified atom stereocenters. The quantitative estimate of drug-likeness (QED) is 0.628. The minimum atomic E-state index is -0.146. The zero-order valence-electron chi connectivity index (χ0n) is 11.7. The molecule has 1 aromatic carbocycles. The summed E-state index contributed by atoms with van der Waals surface area (Å²) in [6, 6.07) is 6.89. The molecule has 1 fully saturated rings. The van der Waals surface area contributed by atoms with E-state index >= 15 is 0 Å². The summed E-state index contributed by atoms with van der Waals surface area (Å²) in [7, 11) is 1.75. The summed E-state index contributed by atoms with van der Waals surface area (Å²) in [6.07, 6.45) is 4.25. The third-order valence-corrected chi connectivity index (χ3v) is 3.94. The van der Waals surface area contributed by atoms with Crippen molar-refractivity contribution in [1.29, 1.82) is 0 Å². The third kappa shape index (κ3) is 3.13. The second-order valence-electron chi connectivity index (χ2n) is 5.24. The van der Waals surface area contributed by atoms with Gasteiger partial charge in [0.2, 0.25) is 0 Å². The number of ketones is 1. The van der Waals surface area contributed by atoms with E-state index in [1.54, 1.807) is 36.2 Å². The number of Topliss-reactive ketones (excluding diaryl/α,β-unsaturated/α-hetero) is 1. The Balaban J connectivity index is 2.15. The zero-order chi connectivity index (χ0) is 14.5. The van der Waals surface area contributed by atoms with Gasteiger partial charge in [-0.05, 0) is 25.3 Å². The number of carbonyl (C=O) groups is 3. The monoisotopic (exact) mass is 273 g/mol. The van der Waals surface area contributed by atoms with Crippen LogP contribution in [0.2, 0.25) is 0 Å². The highest BCUT2D eigenvalue weighted by Crippen LogP contribution is 2.21. The van der Waals surface area contributed by atoms with Crippen molar-refractivity contribution in [3.05, 3.63) is 35.4 Å². The Bertz CT molecular complexity index is 524. The van der Waals surface area contributed by atoms with E-state index in [4.69, 9.17) is 0 Å². The SMILES string of the molecule is CN(C(=O)c1ccccc1C=O)C1CCCC(=O)CC1. The van der Waals surface area contributed by atoms with Crippen LogP contribution in [-0.4, -0.2) is 36.0 Å². The molecule has 1 saturated carbocycles. The van der Waals surface area contributed by atoms with Crippen molar-refractivity contribution in [2.75, 3.05) is 7.05 Å². The van der Waals surface area contributed by atoms with Crippen molar-refractivity contribution in [2.24, 2.45) is 0 Å². The number of hydrogen-bond donors (Lipinski definition) is 0. The van der Waals surface area contributed by atoms with Crippen LogP contribution < -0.4 is 0 Å². The molecule has 1 aliphatic carbocycles. The van der Waals surface area contributed by atoms with Gasteiger partial charge in [0.1, 0.15) is 5.78 Å². The van der Waals surface area contributed by atoms with Gasteiger partial charge in [-0.15, -0.1) is 0 Å². The van der Waals surface area contributed by atoms with E-state index in [1.165, 1.54) is 0 Å². The molecule has 0 spiro atoms. The lowest BCUT2D eigenvalue weighted by atomic mass is 10.0. The highest BCUT2D eigenvalue weighted by atomic mass is 16.2. The number of hydrogen-bond acceptors (Lipinski definition) is 3. The predicted molar refractivity (Wildman–Crippen MR) is 75.8 cm³/mol. The molecule has 1 atom stereocenters. The van der Waals surface area contributed by atoms with Crippen LogP contribution in [0.1, 0.15) is 52.8 Å². The van der Waals surface area contributed by atoms with E-state index in [0.717, 1.165) is 12.8 Å². The Hall–Kier alpha value is -1.97. The van der Waals surface area contributed by atoms with E-state index in [9.17, 15) is 14.4 Å². The Morgan fingerprint density at radius 3 is 2.75 bits per heavy atom. The molecular formula is C16H19NO3. The summed E-state index contributed by atoms with van der Waals surface area (Å²) in [5.74, 6) is 0.133. The fraction of sp³-hybridized carbons (Fsp3) is 0.438. The van der Waals surface area contributed by atoms with Gasteiger partial charge in [0.05, 0.1) is 5.56 Å². The number of nitrogens with zero attached hydrogens (tertiary/aromatic N) is 1. The lowest BCUT2D eigenvalue weighted by molar-refractivity contribution is -0.118. The average Bonchev–Trinajstić information content (AvgIpc) is 2.70. The summed E-state index contributed by atoms with van der Waals surface area (Å²) in [5.41, 5.74) is 0.842. The topological polar surface area (TPSA) is 54.5 Å². The Labute approximate surface area is 118 Å². The first kappa shape index (κ1) is 14.4. The predicted octanol–water partition coefficient (Wildman–Crippen LogP) is 2.47. The van der Waals surface area contributed by atoms with Crippen LogP contribution in [0.15, 0.2) is 24.3 Å². The molecule has 0 N–H and O–H groups in total. The van der Waals surface area contributed by atoms with Gasteiger partial charge >= 0.3 is 0 Å². The first-order valence-electron chi connectivity index (χ1n) is 6.96. The van der Waals surface area contributed by atoms with Crippen molar-refractivity contribution in [3.63, 3.8) is 0 Å². The van der Waals surface area contributed by atoms with Crippen molar-refractivity contribution in [1.82, 2.24) is 4.90 Å². The van der Waals surface area contributed by atoms with Crippen molar-refractivity contribution >= 4 is 18.0 Å². The molecule has 1 aliphatic rings. The molecule has 4 heteroatoms. The van der Waals surface area contributed by atoms with Crippen LogP contribution in [0.4, 0.5) is 0 Å². The van der Waals surface area contributed by atoms with Crippen molar-refractivity contribution in [3.8, 4) is 0 Å². The number of aldehydes is 1. The summed E-state index contributed by atoms with van der Waals surface area (Å²) >= 11 is 0. The highest BCUT2D eigenvalue weighted by molar-refractivity contribution is 6.01. The number of carbonyl (C=O) groups excluding carboxylic acids is 3. The minimum absolute atomic E-state index is 0.0775. The molecular weight excluding hydrogens is 254 g/mol. The molecule has 0 aliphatic heterocycles. The smallest absolute Gasteiger partial charge is 0.254 e. The Morgan fingerprint density at radius 2 is 2.00 bits per heavy atom. The number of amides is 1. The fourth-order valence-corrected chi connectivity index (χ4v) is 2.67. The molecule has 20 heavy (non-hydrogen) atoms. The molecule has 0 saturated heterocycles. The molecule has 4 nitrogen and oxygen atoms in total. The summed E-state index contributed by atoms with van der Waals surface area (Å²) in [6.45, 7) is 0. The van der Waals surface area contributed by atoms with Gasteiger partial charge in [0, 0.05) is 31.5 Å². The van der Waals surface area contributed by atoms with E-state index < -0.39 is 0 Å². The van der Waals surface area contributed by atoms with Crippen LogP contribution in [-0.2, 0) is 4.79 Å². The summed E-state index contributed by atoms with van der Waals surface area (Å²) in [4.78, 5) is 36.6. The van der Waals surface area contributed by atoms with Gasteiger partial charge in [-0.2, -0.15) is 0 Å². The van der Waals surface area contributed by atoms with E-state index in [1.807, 2.05) is 0 Å². The molecule has 2 rings (SSSR count). The molecule has 1 aromatic rings. The first-order chi connectivity index (χ1) is 9.63. The van der Waals surface area contributed by atoms with Crippen LogP contribution in [0.25, 0.3) is 0 Å². The van der Waals surface area contributed by atoms with Gasteiger partial charge in [-0.1, -0.05) is 18.2 Å². The van der Waals surface area contributed by atoms with Gasteiger partial charge in [0.25, 0.3) is 5.91 Å². The molecule has 0 radical (unpaired) electrons. The van der Waals surface area contributed by atoms with Crippen molar-refractivity contribution < 1.29 is 14.4 Å². The fourth-order valence-electron chi connectivity index (χ4n) is 2.67. The third-order valence-electron chi connectivity index (χ3n) is 3.94. The van der Waals surface area contributed by atoms with Gasteiger partial charge in [-0.3, -0.25) is 14.4 Å². The largest absolute Gasteiger partial charge is 0.339 e. The first-order valence-corrected chi connectivity index (χ1v) is 6.96. The average molecular weight is 273 g/mol. The summed E-state index contributed by atoms with van der Waals surface area (Å²) in [5, 5.41) is 0. The Kier molecular flexibility index (Phi) is 4.66. The Morgan fingerprint density at radius 1 is 1.25 bits per heavy atom. The highest BCUT2D eigenvalue weighted by Gasteiger charge is 2.25. The second kappa shape index (κ2) is 6.46. The number of rotatable bonds is 3. The van der Waals surface area contributed by atoms with Crippen LogP contribution in [0, 0.1) is 0 Å². The molecule has 1 amide bonds. The minimum Gasteiger partial charge on any atom is -0.339 e. The van der Waals surface area contributed by atoms with E-state index in [2.05, 4.69) is 0 Å². The van der Waals surface area contributed by atoms with Gasteiger partial charge in [0.15, 0.2) is 6.29 Å². The van der Waals surface area contributed by atoms with Gasteiger partial charge < -0.3 is 4.90 Å². The van der Waals surface area contributed by atoms with Crippen molar-refractivity contribution in [2.45, 2.75) is 38.1 Å². The number of benzene rings is 1. The van der Waals surface area contributed by atoms with Crippen LogP contribution in [0.5, 0.6) is 0 Å². The van der Waals surface area contributed by atoms with Crippen LogP contribution in [0.3, 0.4) is 0 Å². The molecule has 0 bridgehead atoms. The normalized spacial score (nSPS) is 19.2. The maximum absolute atomic E-state index is 12.5. The van der Waals surface area contributed by atoms with E-state index in [-0.39, 0.29) is 17.7 Å². The maximum Gasteiger partial charge on any atom is 0.254 e. The lowest BCUT2D eigenvalue weighted by Gasteiger charge is -2.27. The maximum atomic E-state index is 12.5. The molecule has 0 heterocycles. The summed E-state index contributed by atoms with van der Waals surface area (Å²) < 4.78 is 0. The second-order valence-corrected chi connectivity index (χ2v) is 5.24.